The van der Waals surface area contributed by atoms with Crippen molar-refractivity contribution >= 4 is 17.7 Å². The van der Waals surface area contributed by atoms with Crippen molar-refractivity contribution in [3.05, 3.63) is 0 Å². The first-order chi connectivity index (χ1) is 7.58. The zero-order valence-corrected chi connectivity index (χ0v) is 11.5. The van der Waals surface area contributed by atoms with E-state index in [2.05, 4.69) is 16.9 Å². The van der Waals surface area contributed by atoms with Crippen molar-refractivity contribution in [2.75, 3.05) is 19.3 Å². The van der Waals surface area contributed by atoms with Gasteiger partial charge in [-0.3, -0.25) is 4.79 Å². The van der Waals surface area contributed by atoms with Crippen LogP contribution in [0.5, 0.6) is 0 Å². The van der Waals surface area contributed by atoms with Crippen LogP contribution in [-0.4, -0.2) is 36.0 Å². The molecule has 0 aliphatic heterocycles. The molecule has 0 spiro atoms. The number of nitrogens with one attached hydrogen (secondary N) is 2. The Kier molecular flexibility index (Phi) is 5.62. The monoisotopic (exact) mass is 244 g/mol. The van der Waals surface area contributed by atoms with Gasteiger partial charge in [0.05, 0.1) is 6.54 Å². The van der Waals surface area contributed by atoms with Crippen molar-refractivity contribution in [2.45, 2.75) is 50.3 Å². The Hall–Kier alpha value is -0.220. The smallest absolute Gasteiger partial charge is 0.234 e. The lowest BCUT2D eigenvalue weighted by molar-refractivity contribution is -0.120. The largest absolute Gasteiger partial charge is 0.354 e. The molecule has 0 aromatic rings. The van der Waals surface area contributed by atoms with Gasteiger partial charge in [-0.15, -0.1) is 0 Å². The van der Waals surface area contributed by atoms with Crippen LogP contribution in [-0.2, 0) is 4.79 Å². The number of carbonyl (C=O) groups excluding carboxylic acids is 1. The van der Waals surface area contributed by atoms with Crippen LogP contribution in [0.25, 0.3) is 0 Å². The Morgan fingerprint density at radius 1 is 1.38 bits per heavy atom. The second kappa shape index (κ2) is 6.50. The van der Waals surface area contributed by atoms with Gasteiger partial charge in [-0.25, -0.2) is 0 Å². The summed E-state index contributed by atoms with van der Waals surface area (Å²) >= 11 is 1.91. The average Bonchev–Trinajstić information content (AvgIpc) is 2.73. The van der Waals surface area contributed by atoms with E-state index in [1.165, 1.54) is 25.7 Å². The van der Waals surface area contributed by atoms with Crippen molar-refractivity contribution in [1.82, 2.24) is 10.6 Å². The molecule has 1 amide bonds. The molecule has 0 saturated heterocycles. The maximum absolute atomic E-state index is 11.6. The molecule has 0 aromatic carbocycles. The van der Waals surface area contributed by atoms with E-state index < -0.39 is 0 Å². The summed E-state index contributed by atoms with van der Waals surface area (Å²) in [5, 5.41) is 6.18. The molecule has 16 heavy (non-hydrogen) atoms. The number of hydrogen-bond donors (Lipinski definition) is 2. The summed E-state index contributed by atoms with van der Waals surface area (Å²) in [6.07, 6.45) is 7.25. The molecule has 0 aromatic heterocycles. The molecule has 0 radical (unpaired) electrons. The Morgan fingerprint density at radius 2 is 2.00 bits per heavy atom. The Bertz CT molecular complexity index is 225. The fourth-order valence-electron chi connectivity index (χ4n) is 2.09. The first kappa shape index (κ1) is 13.8. The standard InChI is InChI=1S/C12H24N2OS/c1-10(2)13-8-11(15)14-9-12(16-3)6-4-5-7-12/h10,13H,4-9H2,1-3H3,(H,14,15). The topological polar surface area (TPSA) is 41.1 Å². The molecule has 1 fully saturated rings. The highest BCUT2D eigenvalue weighted by Gasteiger charge is 2.32. The van der Waals surface area contributed by atoms with Crippen LogP contribution < -0.4 is 10.6 Å². The fourth-order valence-corrected chi connectivity index (χ4v) is 3.00. The van der Waals surface area contributed by atoms with Gasteiger partial charge < -0.3 is 10.6 Å². The average molecular weight is 244 g/mol. The highest BCUT2D eigenvalue weighted by molar-refractivity contribution is 8.00. The minimum absolute atomic E-state index is 0.119. The first-order valence-electron chi connectivity index (χ1n) is 6.13. The first-order valence-corrected chi connectivity index (χ1v) is 7.36. The predicted molar refractivity (Wildman–Crippen MR) is 70.9 cm³/mol. The molecular formula is C12H24N2OS. The highest BCUT2D eigenvalue weighted by atomic mass is 32.2. The molecule has 1 aliphatic carbocycles. The van der Waals surface area contributed by atoms with Crippen LogP contribution in [0.15, 0.2) is 0 Å². The fraction of sp³-hybridized carbons (Fsp3) is 0.917. The van der Waals surface area contributed by atoms with Gasteiger partial charge in [-0.1, -0.05) is 26.7 Å². The van der Waals surface area contributed by atoms with Crippen LogP contribution in [0.3, 0.4) is 0 Å². The Morgan fingerprint density at radius 3 is 2.50 bits per heavy atom. The number of carbonyl (C=O) groups is 1. The van der Waals surface area contributed by atoms with Crippen molar-refractivity contribution in [1.29, 1.82) is 0 Å². The van der Waals surface area contributed by atoms with E-state index in [1.54, 1.807) is 0 Å². The maximum Gasteiger partial charge on any atom is 0.234 e. The van der Waals surface area contributed by atoms with E-state index >= 15 is 0 Å². The molecule has 1 aliphatic rings. The Balaban J connectivity index is 2.24. The second-order valence-corrected chi connectivity index (χ2v) is 6.18. The number of amides is 1. The summed E-state index contributed by atoms with van der Waals surface area (Å²) in [7, 11) is 0. The minimum atomic E-state index is 0.119. The van der Waals surface area contributed by atoms with Crippen molar-refractivity contribution in [2.24, 2.45) is 0 Å². The predicted octanol–water partition coefficient (Wildman–Crippen LogP) is 1.78. The molecule has 0 heterocycles. The van der Waals surface area contributed by atoms with Crippen LogP contribution in [0.2, 0.25) is 0 Å². The second-order valence-electron chi connectivity index (χ2n) is 4.91. The van der Waals surface area contributed by atoms with E-state index in [0.717, 1.165) is 6.54 Å². The maximum atomic E-state index is 11.6. The zero-order chi connectivity index (χ0) is 12.0. The van der Waals surface area contributed by atoms with Gasteiger partial charge in [0, 0.05) is 17.3 Å². The van der Waals surface area contributed by atoms with Crippen molar-refractivity contribution in [3.63, 3.8) is 0 Å². The SMILES string of the molecule is CSC1(CNC(=O)CNC(C)C)CCCC1. The molecule has 0 unspecified atom stereocenters. The van der Waals surface area contributed by atoms with Gasteiger partial charge in [0.2, 0.25) is 5.91 Å². The minimum Gasteiger partial charge on any atom is -0.354 e. The molecule has 1 rings (SSSR count). The third-order valence-corrected chi connectivity index (χ3v) is 4.65. The van der Waals surface area contributed by atoms with Crippen molar-refractivity contribution in [3.8, 4) is 0 Å². The normalized spacial score (nSPS) is 19.0. The lowest BCUT2D eigenvalue weighted by atomic mass is 10.1. The van der Waals surface area contributed by atoms with Gasteiger partial charge in [-0.2, -0.15) is 11.8 Å². The van der Waals surface area contributed by atoms with E-state index in [0.29, 0.717) is 17.3 Å². The highest BCUT2D eigenvalue weighted by Crippen LogP contribution is 2.39. The van der Waals surface area contributed by atoms with E-state index in [-0.39, 0.29) is 5.91 Å². The summed E-state index contributed by atoms with van der Waals surface area (Å²) < 4.78 is 0.313. The summed E-state index contributed by atoms with van der Waals surface area (Å²) in [6.45, 7) is 5.36. The quantitative estimate of drug-likeness (QED) is 0.748. The lowest BCUT2D eigenvalue weighted by Gasteiger charge is -2.27. The molecule has 94 valence electrons. The van der Waals surface area contributed by atoms with Crippen LogP contribution in [0.4, 0.5) is 0 Å². The van der Waals surface area contributed by atoms with Gasteiger partial charge in [0.25, 0.3) is 0 Å². The van der Waals surface area contributed by atoms with Gasteiger partial charge in [0.1, 0.15) is 0 Å². The zero-order valence-electron chi connectivity index (χ0n) is 10.6. The third kappa shape index (κ3) is 4.34. The van der Waals surface area contributed by atoms with Crippen LogP contribution in [0, 0.1) is 0 Å². The third-order valence-electron chi connectivity index (χ3n) is 3.23. The summed E-state index contributed by atoms with van der Waals surface area (Å²) in [4.78, 5) is 11.6. The summed E-state index contributed by atoms with van der Waals surface area (Å²) in [5.41, 5.74) is 0. The molecule has 1 saturated carbocycles. The summed E-state index contributed by atoms with van der Waals surface area (Å²) in [6, 6.07) is 0.367. The molecule has 4 heteroatoms. The molecule has 3 nitrogen and oxygen atoms in total. The molecule has 0 bridgehead atoms. The van der Waals surface area contributed by atoms with Crippen LogP contribution >= 0.6 is 11.8 Å². The van der Waals surface area contributed by atoms with Gasteiger partial charge in [0.15, 0.2) is 0 Å². The van der Waals surface area contributed by atoms with Gasteiger partial charge in [-0.05, 0) is 19.1 Å². The molecular weight excluding hydrogens is 220 g/mol. The Labute approximate surface area is 103 Å². The van der Waals surface area contributed by atoms with Crippen molar-refractivity contribution < 1.29 is 4.79 Å². The lowest BCUT2D eigenvalue weighted by Crippen LogP contribution is -2.43. The van der Waals surface area contributed by atoms with E-state index in [9.17, 15) is 4.79 Å². The number of rotatable bonds is 6. The van der Waals surface area contributed by atoms with Crippen LogP contribution in [0.1, 0.15) is 39.5 Å². The summed E-state index contributed by atoms with van der Waals surface area (Å²) in [5.74, 6) is 0.119. The molecule has 2 N–H and O–H groups in total. The number of thioether (sulfide) groups is 1. The number of hydrogen-bond acceptors (Lipinski definition) is 3. The van der Waals surface area contributed by atoms with E-state index in [4.69, 9.17) is 0 Å². The molecule has 0 atom stereocenters. The van der Waals surface area contributed by atoms with E-state index in [1.807, 2.05) is 25.6 Å². The van der Waals surface area contributed by atoms with Gasteiger partial charge >= 0.3 is 0 Å².